The summed E-state index contributed by atoms with van der Waals surface area (Å²) in [6.45, 7) is 2.65. The third-order valence-electron chi connectivity index (χ3n) is 3.62. The van der Waals surface area contributed by atoms with Crippen molar-refractivity contribution in [2.75, 3.05) is 19.6 Å². The fraction of sp³-hybridized carbons (Fsp3) is 0.571. The van der Waals surface area contributed by atoms with Crippen LogP contribution in [0.3, 0.4) is 0 Å². The molecule has 2 N–H and O–H groups in total. The van der Waals surface area contributed by atoms with Crippen LogP contribution in [0.2, 0.25) is 0 Å². The smallest absolute Gasteiger partial charge is 0.123 e. The zero-order valence-electron chi connectivity index (χ0n) is 10.5. The maximum absolute atomic E-state index is 13.4. The van der Waals surface area contributed by atoms with E-state index >= 15 is 0 Å². The second-order valence-electron chi connectivity index (χ2n) is 4.87. The highest BCUT2D eigenvalue weighted by Gasteiger charge is 2.22. The van der Waals surface area contributed by atoms with Gasteiger partial charge >= 0.3 is 0 Å². The number of nitrogens with zero attached hydrogens (tertiary/aromatic N) is 1. The fourth-order valence-electron chi connectivity index (χ4n) is 2.65. The highest BCUT2D eigenvalue weighted by atomic mass is 79.9. The van der Waals surface area contributed by atoms with Crippen LogP contribution in [0, 0.1) is 5.82 Å². The Balaban J connectivity index is 2.23. The summed E-state index contributed by atoms with van der Waals surface area (Å²) < 4.78 is 14.4. The summed E-state index contributed by atoms with van der Waals surface area (Å²) in [6.07, 6.45) is 5.00. The zero-order chi connectivity index (χ0) is 13.0. The Morgan fingerprint density at radius 3 is 2.50 bits per heavy atom. The van der Waals surface area contributed by atoms with Crippen LogP contribution >= 0.6 is 15.9 Å². The molecule has 2 rings (SSSR count). The van der Waals surface area contributed by atoms with Crippen molar-refractivity contribution in [2.24, 2.45) is 5.73 Å². The van der Waals surface area contributed by atoms with Crippen molar-refractivity contribution in [1.82, 2.24) is 4.90 Å². The van der Waals surface area contributed by atoms with E-state index in [0.29, 0.717) is 6.54 Å². The van der Waals surface area contributed by atoms with Gasteiger partial charge in [-0.15, -0.1) is 0 Å². The Hall–Kier alpha value is -0.450. The first-order valence-corrected chi connectivity index (χ1v) is 7.40. The van der Waals surface area contributed by atoms with Crippen LogP contribution in [0.25, 0.3) is 0 Å². The maximum Gasteiger partial charge on any atom is 0.123 e. The fourth-order valence-corrected chi connectivity index (χ4v) is 3.16. The monoisotopic (exact) mass is 314 g/mol. The van der Waals surface area contributed by atoms with Crippen molar-refractivity contribution in [1.29, 1.82) is 0 Å². The predicted octanol–water partition coefficient (Wildman–Crippen LogP) is 3.46. The molecule has 1 aromatic rings. The normalized spacial score (nSPS) is 19.5. The average Bonchev–Trinajstić information content (AvgIpc) is 2.64. The highest BCUT2D eigenvalue weighted by Crippen LogP contribution is 2.29. The van der Waals surface area contributed by atoms with Crippen LogP contribution in [0.15, 0.2) is 22.7 Å². The van der Waals surface area contributed by atoms with E-state index in [-0.39, 0.29) is 11.9 Å². The lowest BCUT2D eigenvalue weighted by Crippen LogP contribution is -2.34. The minimum Gasteiger partial charge on any atom is -0.329 e. The van der Waals surface area contributed by atoms with Crippen LogP contribution in [-0.4, -0.2) is 24.5 Å². The lowest BCUT2D eigenvalue weighted by Gasteiger charge is -2.30. The number of hydrogen-bond acceptors (Lipinski definition) is 2. The zero-order valence-corrected chi connectivity index (χ0v) is 12.1. The molecule has 18 heavy (non-hydrogen) atoms. The molecule has 2 nitrogen and oxygen atoms in total. The van der Waals surface area contributed by atoms with Crippen molar-refractivity contribution in [3.8, 4) is 0 Å². The van der Waals surface area contributed by atoms with E-state index < -0.39 is 0 Å². The number of rotatable bonds is 3. The van der Waals surface area contributed by atoms with Crippen molar-refractivity contribution >= 4 is 15.9 Å². The molecule has 0 saturated carbocycles. The molecular weight excluding hydrogens is 295 g/mol. The molecule has 0 aromatic heterocycles. The number of likely N-dealkylation sites (tertiary alicyclic amines) is 1. The van der Waals surface area contributed by atoms with Gasteiger partial charge in [-0.3, -0.25) is 4.90 Å². The highest BCUT2D eigenvalue weighted by molar-refractivity contribution is 9.10. The molecule has 0 radical (unpaired) electrons. The molecule has 0 spiro atoms. The van der Waals surface area contributed by atoms with Gasteiger partial charge in [-0.05, 0) is 49.7 Å². The van der Waals surface area contributed by atoms with Crippen LogP contribution in [-0.2, 0) is 0 Å². The third-order valence-corrected chi connectivity index (χ3v) is 4.34. The number of halogens is 2. The molecule has 4 heteroatoms. The van der Waals surface area contributed by atoms with Gasteiger partial charge in [-0.2, -0.15) is 0 Å². The van der Waals surface area contributed by atoms with Crippen molar-refractivity contribution < 1.29 is 4.39 Å². The van der Waals surface area contributed by atoms with Gasteiger partial charge in [-0.1, -0.05) is 28.8 Å². The second-order valence-corrected chi connectivity index (χ2v) is 5.72. The maximum atomic E-state index is 13.4. The average molecular weight is 315 g/mol. The van der Waals surface area contributed by atoms with Crippen LogP contribution in [0.4, 0.5) is 4.39 Å². The first kappa shape index (κ1) is 14.0. The Morgan fingerprint density at radius 1 is 1.22 bits per heavy atom. The molecule has 1 aliphatic rings. The molecule has 1 atom stereocenters. The Labute approximate surface area is 116 Å². The third kappa shape index (κ3) is 3.31. The summed E-state index contributed by atoms with van der Waals surface area (Å²) in [4.78, 5) is 2.40. The Kier molecular flexibility index (Phi) is 5.15. The first-order valence-electron chi connectivity index (χ1n) is 6.61. The lowest BCUT2D eigenvalue weighted by atomic mass is 10.0. The molecule has 1 fully saturated rings. The van der Waals surface area contributed by atoms with Crippen molar-refractivity contribution in [3.05, 3.63) is 34.1 Å². The van der Waals surface area contributed by atoms with Gasteiger partial charge in [0.25, 0.3) is 0 Å². The summed E-state index contributed by atoms with van der Waals surface area (Å²) in [6, 6.07) is 4.97. The molecule has 0 aliphatic carbocycles. The molecule has 1 heterocycles. The number of nitrogens with two attached hydrogens (primary N) is 1. The van der Waals surface area contributed by atoms with Gasteiger partial charge in [-0.25, -0.2) is 4.39 Å². The molecule has 1 saturated heterocycles. The first-order chi connectivity index (χ1) is 8.72. The molecular formula is C14H20BrFN2. The summed E-state index contributed by atoms with van der Waals surface area (Å²) in [7, 11) is 0. The van der Waals surface area contributed by atoms with E-state index in [4.69, 9.17) is 5.73 Å². The minimum atomic E-state index is -0.193. The largest absolute Gasteiger partial charge is 0.329 e. The van der Waals surface area contributed by atoms with E-state index in [9.17, 15) is 4.39 Å². The van der Waals surface area contributed by atoms with Crippen molar-refractivity contribution in [2.45, 2.75) is 31.7 Å². The Bertz CT molecular complexity index is 389. The van der Waals surface area contributed by atoms with E-state index in [1.165, 1.54) is 31.7 Å². The van der Waals surface area contributed by atoms with Crippen LogP contribution < -0.4 is 5.73 Å². The second kappa shape index (κ2) is 6.64. The molecule has 100 valence electrons. The van der Waals surface area contributed by atoms with E-state index in [1.54, 1.807) is 12.1 Å². The molecule has 0 bridgehead atoms. The van der Waals surface area contributed by atoms with Gasteiger partial charge < -0.3 is 5.73 Å². The van der Waals surface area contributed by atoms with Gasteiger partial charge in [0.05, 0.1) is 0 Å². The van der Waals surface area contributed by atoms with Gasteiger partial charge in [0, 0.05) is 17.1 Å². The van der Waals surface area contributed by atoms with E-state index in [1.807, 2.05) is 0 Å². The number of benzene rings is 1. The van der Waals surface area contributed by atoms with Crippen LogP contribution in [0.1, 0.15) is 37.3 Å². The van der Waals surface area contributed by atoms with E-state index in [0.717, 1.165) is 23.1 Å². The SMILES string of the molecule is NCC(c1cc(F)ccc1Br)N1CCCCCC1. The molecule has 0 amide bonds. The van der Waals surface area contributed by atoms with Gasteiger partial charge in [0.1, 0.15) is 5.82 Å². The van der Waals surface area contributed by atoms with Crippen molar-refractivity contribution in [3.63, 3.8) is 0 Å². The topological polar surface area (TPSA) is 29.3 Å². The quantitative estimate of drug-likeness (QED) is 0.925. The predicted molar refractivity (Wildman–Crippen MR) is 75.9 cm³/mol. The summed E-state index contributed by atoms with van der Waals surface area (Å²) in [5.41, 5.74) is 6.89. The van der Waals surface area contributed by atoms with Gasteiger partial charge in [0.2, 0.25) is 0 Å². The van der Waals surface area contributed by atoms with Crippen LogP contribution in [0.5, 0.6) is 0 Å². The minimum absolute atomic E-state index is 0.119. The molecule has 1 unspecified atom stereocenters. The standard InChI is InChI=1S/C14H20BrFN2/c15-13-6-5-11(16)9-12(13)14(10-17)18-7-3-1-2-4-8-18/h5-6,9,14H,1-4,7-8,10,17H2. The number of hydrogen-bond donors (Lipinski definition) is 1. The lowest BCUT2D eigenvalue weighted by molar-refractivity contribution is 0.209. The van der Waals surface area contributed by atoms with E-state index in [2.05, 4.69) is 20.8 Å². The molecule has 1 aromatic carbocycles. The Morgan fingerprint density at radius 2 is 1.89 bits per heavy atom. The van der Waals surface area contributed by atoms with Gasteiger partial charge in [0.15, 0.2) is 0 Å². The summed E-state index contributed by atoms with van der Waals surface area (Å²) in [5.74, 6) is -0.193. The summed E-state index contributed by atoms with van der Waals surface area (Å²) in [5, 5.41) is 0. The molecule has 1 aliphatic heterocycles. The summed E-state index contributed by atoms with van der Waals surface area (Å²) >= 11 is 3.51.